The monoisotopic (exact) mass is 265 g/mol. The zero-order chi connectivity index (χ0) is 14.0. The van der Waals surface area contributed by atoms with Crippen molar-refractivity contribution in [2.24, 2.45) is 0 Å². The summed E-state index contributed by atoms with van der Waals surface area (Å²) in [6.07, 6.45) is 4.63. The van der Waals surface area contributed by atoms with Crippen molar-refractivity contribution in [1.82, 2.24) is 0 Å². The maximum atomic E-state index is 11.9. The molecule has 0 aliphatic heterocycles. The first-order valence-electron chi connectivity index (χ1n) is 7.04. The molecule has 1 amide bonds. The van der Waals surface area contributed by atoms with Gasteiger partial charge in [-0.1, -0.05) is 6.92 Å². The zero-order valence-corrected chi connectivity index (χ0v) is 12.3. The van der Waals surface area contributed by atoms with E-state index in [-0.39, 0.29) is 0 Å². The molecule has 1 aromatic heterocycles. The number of hydrogen-bond donors (Lipinski definition) is 1. The highest BCUT2D eigenvalue weighted by atomic mass is 16.6. The Morgan fingerprint density at radius 1 is 1.32 bits per heavy atom. The number of carbonyl (C=O) groups excluding carboxylic acids is 1. The fourth-order valence-electron chi connectivity index (χ4n) is 2.42. The fourth-order valence-corrected chi connectivity index (χ4v) is 2.42. The van der Waals surface area contributed by atoms with Crippen LogP contribution in [-0.2, 0) is 24.0 Å². The number of ether oxygens (including phenoxy) is 1. The van der Waals surface area contributed by atoms with E-state index in [1.54, 1.807) is 0 Å². The molecule has 1 aliphatic rings. The van der Waals surface area contributed by atoms with Crippen molar-refractivity contribution in [2.75, 3.05) is 5.32 Å². The van der Waals surface area contributed by atoms with Crippen LogP contribution in [0.1, 0.15) is 57.6 Å². The molecule has 0 bridgehead atoms. The first kappa shape index (κ1) is 14.0. The topological polar surface area (TPSA) is 51.5 Å². The summed E-state index contributed by atoms with van der Waals surface area (Å²) in [5, 5.41) is 2.87. The molecular weight excluding hydrogens is 242 g/mol. The molecule has 1 heterocycles. The average molecular weight is 265 g/mol. The number of fused-ring (bicyclic) bond motifs is 1. The van der Waals surface area contributed by atoms with E-state index in [0.29, 0.717) is 0 Å². The second-order valence-corrected chi connectivity index (χ2v) is 5.99. The van der Waals surface area contributed by atoms with Gasteiger partial charge in [0.05, 0.1) is 5.69 Å². The van der Waals surface area contributed by atoms with Crippen LogP contribution in [0.2, 0.25) is 0 Å². The van der Waals surface area contributed by atoms with Crippen molar-refractivity contribution in [3.63, 3.8) is 0 Å². The normalized spacial score (nSPS) is 14.9. The molecular formula is C15H23NO3. The molecule has 2 rings (SSSR count). The lowest BCUT2D eigenvalue weighted by atomic mass is 9.97. The highest BCUT2D eigenvalue weighted by Gasteiger charge is 2.24. The first-order chi connectivity index (χ1) is 8.90. The number of nitrogens with one attached hydrogen (secondary N) is 1. The highest BCUT2D eigenvalue weighted by molar-refractivity contribution is 5.87. The van der Waals surface area contributed by atoms with Gasteiger partial charge in [-0.15, -0.1) is 0 Å². The molecule has 4 heteroatoms. The van der Waals surface area contributed by atoms with Crippen molar-refractivity contribution in [3.8, 4) is 0 Å². The third-order valence-electron chi connectivity index (χ3n) is 3.19. The standard InChI is InChI=1S/C15H23NO3/c1-5-11-13(16-14(17)19-15(2,3)4)10-8-6-7-9-12(10)18-11/h5-9H2,1-4H3,(H,16,17). The molecule has 1 N–H and O–H groups in total. The molecule has 1 aliphatic carbocycles. The highest BCUT2D eigenvalue weighted by Crippen LogP contribution is 2.34. The largest absolute Gasteiger partial charge is 0.464 e. The molecule has 0 radical (unpaired) electrons. The van der Waals surface area contributed by atoms with Gasteiger partial charge < -0.3 is 9.15 Å². The molecule has 0 atom stereocenters. The van der Waals surface area contributed by atoms with Crippen molar-refractivity contribution < 1.29 is 13.9 Å². The molecule has 4 nitrogen and oxygen atoms in total. The van der Waals surface area contributed by atoms with Gasteiger partial charge in [0.25, 0.3) is 0 Å². The van der Waals surface area contributed by atoms with Crippen LogP contribution in [0.15, 0.2) is 4.42 Å². The number of anilines is 1. The van der Waals surface area contributed by atoms with Crippen LogP contribution in [0, 0.1) is 0 Å². The first-order valence-corrected chi connectivity index (χ1v) is 7.04. The molecule has 0 unspecified atom stereocenters. The average Bonchev–Trinajstić information content (AvgIpc) is 2.65. The minimum atomic E-state index is -0.486. The number of aryl methyl sites for hydroxylation is 2. The molecule has 0 aromatic carbocycles. The van der Waals surface area contributed by atoms with E-state index < -0.39 is 11.7 Å². The van der Waals surface area contributed by atoms with Crippen molar-refractivity contribution in [3.05, 3.63) is 17.1 Å². The Morgan fingerprint density at radius 2 is 2.00 bits per heavy atom. The van der Waals surface area contributed by atoms with Crippen molar-refractivity contribution in [1.29, 1.82) is 0 Å². The van der Waals surface area contributed by atoms with Crippen LogP contribution < -0.4 is 5.32 Å². The number of hydrogen-bond acceptors (Lipinski definition) is 3. The number of carbonyl (C=O) groups is 1. The van der Waals surface area contributed by atoms with Crippen LogP contribution in [0.4, 0.5) is 10.5 Å². The maximum absolute atomic E-state index is 11.9. The van der Waals surface area contributed by atoms with E-state index in [4.69, 9.17) is 9.15 Å². The Balaban J connectivity index is 2.19. The fraction of sp³-hybridized carbons (Fsp3) is 0.667. The predicted octanol–water partition coefficient (Wildman–Crippen LogP) is 4.07. The SMILES string of the molecule is CCc1oc2c(c1NC(=O)OC(C)(C)C)CCCC2. The molecule has 0 saturated heterocycles. The van der Waals surface area contributed by atoms with Crippen LogP contribution in [-0.4, -0.2) is 11.7 Å². The molecule has 0 saturated carbocycles. The van der Waals surface area contributed by atoms with Gasteiger partial charge in [-0.3, -0.25) is 5.32 Å². The Hall–Kier alpha value is -1.45. The van der Waals surface area contributed by atoms with Gasteiger partial charge in [0.2, 0.25) is 0 Å². The third-order valence-corrected chi connectivity index (χ3v) is 3.19. The summed E-state index contributed by atoms with van der Waals surface area (Å²) in [6, 6.07) is 0. The van der Waals surface area contributed by atoms with Crippen LogP contribution in [0.3, 0.4) is 0 Å². The minimum absolute atomic E-state index is 0.406. The molecule has 0 fully saturated rings. The Bertz CT molecular complexity index is 468. The summed E-state index contributed by atoms with van der Waals surface area (Å²) in [7, 11) is 0. The van der Waals surface area contributed by atoms with E-state index in [1.165, 1.54) is 0 Å². The van der Waals surface area contributed by atoms with Gasteiger partial charge in [-0.25, -0.2) is 4.79 Å². The van der Waals surface area contributed by atoms with E-state index in [0.717, 1.165) is 54.9 Å². The summed E-state index contributed by atoms with van der Waals surface area (Å²) < 4.78 is 11.2. The van der Waals surface area contributed by atoms with E-state index >= 15 is 0 Å². The summed E-state index contributed by atoms with van der Waals surface area (Å²) in [5.41, 5.74) is 1.51. The summed E-state index contributed by atoms with van der Waals surface area (Å²) >= 11 is 0. The number of amides is 1. The maximum Gasteiger partial charge on any atom is 0.412 e. The van der Waals surface area contributed by atoms with Gasteiger partial charge in [0.15, 0.2) is 0 Å². The quantitative estimate of drug-likeness (QED) is 0.877. The lowest BCUT2D eigenvalue weighted by Gasteiger charge is -2.20. The summed E-state index contributed by atoms with van der Waals surface area (Å²) in [5.74, 6) is 1.90. The van der Waals surface area contributed by atoms with E-state index in [2.05, 4.69) is 5.32 Å². The molecule has 0 spiro atoms. The van der Waals surface area contributed by atoms with Crippen molar-refractivity contribution in [2.45, 2.75) is 65.4 Å². The second kappa shape index (κ2) is 5.27. The van der Waals surface area contributed by atoms with Gasteiger partial charge >= 0.3 is 6.09 Å². The van der Waals surface area contributed by atoms with Crippen LogP contribution in [0.25, 0.3) is 0 Å². The molecule has 1 aromatic rings. The number of furan rings is 1. The van der Waals surface area contributed by atoms with E-state index in [9.17, 15) is 4.79 Å². The third kappa shape index (κ3) is 3.31. The Kier molecular flexibility index (Phi) is 3.88. The van der Waals surface area contributed by atoms with Gasteiger partial charge in [0.1, 0.15) is 17.1 Å². The summed E-state index contributed by atoms with van der Waals surface area (Å²) in [4.78, 5) is 11.9. The van der Waals surface area contributed by atoms with Crippen molar-refractivity contribution >= 4 is 11.8 Å². The van der Waals surface area contributed by atoms with E-state index in [1.807, 2.05) is 27.7 Å². The predicted molar refractivity (Wildman–Crippen MR) is 74.6 cm³/mol. The number of rotatable bonds is 2. The minimum Gasteiger partial charge on any atom is -0.464 e. The van der Waals surface area contributed by atoms with Crippen LogP contribution in [0.5, 0.6) is 0 Å². The molecule has 106 valence electrons. The smallest absolute Gasteiger partial charge is 0.412 e. The second-order valence-electron chi connectivity index (χ2n) is 5.99. The van der Waals surface area contributed by atoms with Gasteiger partial charge in [0, 0.05) is 18.4 Å². The van der Waals surface area contributed by atoms with Gasteiger partial charge in [-0.2, -0.15) is 0 Å². The Labute approximate surface area is 114 Å². The molecule has 19 heavy (non-hydrogen) atoms. The lowest BCUT2D eigenvalue weighted by molar-refractivity contribution is 0.0635. The Morgan fingerprint density at radius 3 is 2.63 bits per heavy atom. The lowest BCUT2D eigenvalue weighted by Crippen LogP contribution is -2.27. The summed E-state index contributed by atoms with van der Waals surface area (Å²) in [6.45, 7) is 7.61. The van der Waals surface area contributed by atoms with Crippen LogP contribution >= 0.6 is 0 Å². The van der Waals surface area contributed by atoms with Gasteiger partial charge in [-0.05, 0) is 40.0 Å². The zero-order valence-electron chi connectivity index (χ0n) is 12.3.